The number of fused-ring (bicyclic) bond motifs is 1. The molecule has 1 unspecified atom stereocenters. The summed E-state index contributed by atoms with van der Waals surface area (Å²) in [5, 5.41) is 2.93. The van der Waals surface area contributed by atoms with Gasteiger partial charge in [-0.1, -0.05) is 35.9 Å². The van der Waals surface area contributed by atoms with Gasteiger partial charge < -0.3 is 34.0 Å². The normalized spacial score (nSPS) is 14.4. The van der Waals surface area contributed by atoms with Crippen LogP contribution in [0.4, 0.5) is 0 Å². The van der Waals surface area contributed by atoms with Gasteiger partial charge in [-0.05, 0) is 17.2 Å². The van der Waals surface area contributed by atoms with Gasteiger partial charge in [0.05, 0.1) is 17.1 Å². The molecular formula is C23H24ClN3O6. The summed E-state index contributed by atoms with van der Waals surface area (Å²) < 4.78 is 21.0. The number of nitrogens with zero attached hydrogens (tertiary/aromatic N) is 2. The lowest BCUT2D eigenvalue weighted by Gasteiger charge is -2.25. The molecule has 10 heteroatoms. The molecule has 33 heavy (non-hydrogen) atoms. The third-order valence-corrected chi connectivity index (χ3v) is 5.26. The SMILES string of the molecule is [C-]#[N+]CCNC(=O)C1c2ccccc2CN1C(=O)c1cc(Cl)c(OCOC)cc1OCOC. The Kier molecular flexibility index (Phi) is 8.49. The zero-order valence-electron chi connectivity index (χ0n) is 18.3. The Labute approximate surface area is 196 Å². The minimum absolute atomic E-state index is 0.0367. The van der Waals surface area contributed by atoms with Crippen LogP contribution in [-0.4, -0.2) is 57.6 Å². The molecule has 0 aromatic heterocycles. The van der Waals surface area contributed by atoms with E-state index < -0.39 is 11.9 Å². The molecule has 0 spiro atoms. The predicted molar refractivity (Wildman–Crippen MR) is 120 cm³/mol. The van der Waals surface area contributed by atoms with Crippen molar-refractivity contribution in [2.45, 2.75) is 12.6 Å². The first-order valence-corrected chi connectivity index (χ1v) is 10.5. The van der Waals surface area contributed by atoms with Crippen LogP contribution in [0.15, 0.2) is 36.4 Å². The highest BCUT2D eigenvalue weighted by Gasteiger charge is 2.39. The molecule has 0 bridgehead atoms. The van der Waals surface area contributed by atoms with E-state index in [1.165, 1.54) is 31.3 Å². The summed E-state index contributed by atoms with van der Waals surface area (Å²) >= 11 is 6.35. The van der Waals surface area contributed by atoms with Crippen LogP contribution in [-0.2, 0) is 20.8 Å². The van der Waals surface area contributed by atoms with Gasteiger partial charge in [0.1, 0.15) is 17.5 Å². The zero-order chi connectivity index (χ0) is 23.8. The smallest absolute Gasteiger partial charge is 0.258 e. The van der Waals surface area contributed by atoms with Crippen molar-refractivity contribution in [2.75, 3.05) is 40.9 Å². The van der Waals surface area contributed by atoms with E-state index in [2.05, 4.69) is 10.2 Å². The molecule has 0 radical (unpaired) electrons. The number of hydrogen-bond donors (Lipinski definition) is 1. The van der Waals surface area contributed by atoms with Crippen LogP contribution in [0.3, 0.4) is 0 Å². The van der Waals surface area contributed by atoms with Crippen molar-refractivity contribution >= 4 is 23.4 Å². The van der Waals surface area contributed by atoms with Gasteiger partial charge in [-0.15, -0.1) is 0 Å². The molecule has 9 nitrogen and oxygen atoms in total. The topological polar surface area (TPSA) is 90.7 Å². The van der Waals surface area contributed by atoms with Gasteiger partial charge >= 0.3 is 0 Å². The van der Waals surface area contributed by atoms with E-state index in [1.54, 1.807) is 0 Å². The summed E-state index contributed by atoms with van der Waals surface area (Å²) in [4.78, 5) is 31.4. The van der Waals surface area contributed by atoms with Crippen molar-refractivity contribution < 1.29 is 28.5 Å². The molecule has 3 rings (SSSR count). The third-order valence-electron chi connectivity index (χ3n) is 4.96. The number of halogens is 1. The van der Waals surface area contributed by atoms with Crippen LogP contribution in [0.25, 0.3) is 4.85 Å². The lowest BCUT2D eigenvalue weighted by Crippen LogP contribution is -2.40. The van der Waals surface area contributed by atoms with Crippen LogP contribution in [0.1, 0.15) is 27.5 Å². The highest BCUT2D eigenvalue weighted by molar-refractivity contribution is 6.32. The molecule has 1 N–H and O–H groups in total. The van der Waals surface area contributed by atoms with E-state index >= 15 is 0 Å². The first kappa shape index (κ1) is 24.3. The van der Waals surface area contributed by atoms with Gasteiger partial charge in [-0.2, -0.15) is 0 Å². The zero-order valence-corrected chi connectivity index (χ0v) is 19.1. The minimum atomic E-state index is -0.849. The second-order valence-electron chi connectivity index (χ2n) is 7.09. The predicted octanol–water partition coefficient (Wildman–Crippen LogP) is 3.04. The molecule has 2 aromatic carbocycles. The Morgan fingerprint density at radius 1 is 1.15 bits per heavy atom. The van der Waals surface area contributed by atoms with Gasteiger partial charge in [-0.3, -0.25) is 9.59 Å². The number of carbonyl (C=O) groups is 2. The third kappa shape index (κ3) is 5.54. The molecule has 2 amide bonds. The van der Waals surface area contributed by atoms with Crippen LogP contribution in [0, 0.1) is 6.57 Å². The summed E-state index contributed by atoms with van der Waals surface area (Å²) in [6.07, 6.45) is 0. The fourth-order valence-electron chi connectivity index (χ4n) is 3.52. The molecule has 1 aliphatic heterocycles. The fraction of sp³-hybridized carbons (Fsp3) is 0.348. The molecular weight excluding hydrogens is 450 g/mol. The van der Waals surface area contributed by atoms with Crippen LogP contribution in [0.2, 0.25) is 5.02 Å². The van der Waals surface area contributed by atoms with Gasteiger partial charge in [0.25, 0.3) is 5.91 Å². The summed E-state index contributed by atoms with van der Waals surface area (Å²) in [6, 6.07) is 9.44. The summed E-state index contributed by atoms with van der Waals surface area (Å²) in [7, 11) is 2.93. The summed E-state index contributed by atoms with van der Waals surface area (Å²) in [6.45, 7) is 7.35. The Morgan fingerprint density at radius 3 is 2.55 bits per heavy atom. The van der Waals surface area contributed by atoms with Crippen molar-refractivity contribution in [1.29, 1.82) is 0 Å². The molecule has 2 aromatic rings. The number of hydrogen-bond acceptors (Lipinski definition) is 6. The van der Waals surface area contributed by atoms with E-state index in [-0.39, 0.29) is 61.2 Å². The maximum Gasteiger partial charge on any atom is 0.258 e. The van der Waals surface area contributed by atoms with E-state index in [1.807, 2.05) is 24.3 Å². The Morgan fingerprint density at radius 2 is 1.85 bits per heavy atom. The first-order valence-electron chi connectivity index (χ1n) is 10.1. The van der Waals surface area contributed by atoms with Crippen molar-refractivity contribution in [3.8, 4) is 11.5 Å². The maximum atomic E-state index is 13.7. The largest absolute Gasteiger partial charge is 0.467 e. The summed E-state index contributed by atoms with van der Waals surface area (Å²) in [5.41, 5.74) is 1.76. The molecule has 1 heterocycles. The molecule has 0 saturated heterocycles. The number of rotatable bonds is 10. The van der Waals surface area contributed by atoms with Crippen LogP contribution >= 0.6 is 11.6 Å². The van der Waals surface area contributed by atoms with Gasteiger partial charge in [-0.25, -0.2) is 6.57 Å². The molecule has 1 atom stereocenters. The number of carbonyl (C=O) groups excluding carboxylic acids is 2. The quantitative estimate of drug-likeness (QED) is 0.324. The van der Waals surface area contributed by atoms with E-state index in [4.69, 9.17) is 37.1 Å². The second-order valence-corrected chi connectivity index (χ2v) is 7.49. The molecule has 0 aliphatic carbocycles. The van der Waals surface area contributed by atoms with Gasteiger partial charge in [0.2, 0.25) is 12.5 Å². The van der Waals surface area contributed by atoms with Crippen molar-refractivity contribution in [2.24, 2.45) is 0 Å². The summed E-state index contributed by atoms with van der Waals surface area (Å²) in [5.74, 6) is -0.329. The molecule has 1 aliphatic rings. The first-order chi connectivity index (χ1) is 16.0. The van der Waals surface area contributed by atoms with E-state index in [9.17, 15) is 9.59 Å². The Hall–Kier alpha value is -3.32. The Balaban J connectivity index is 1.97. The second kappa shape index (κ2) is 11.5. The average Bonchev–Trinajstić information content (AvgIpc) is 3.21. The molecule has 174 valence electrons. The standard InChI is InChI=1S/C23H24ClN3O6/c1-25-8-9-26-22(28)21-16-7-5-4-6-15(16)12-27(21)23(29)17-10-18(24)20(33-14-31-3)11-19(17)32-13-30-2/h4-7,10-11,21H,8-9,12-14H2,2-3H3,(H,26,28). The number of amides is 2. The van der Waals surface area contributed by atoms with Crippen molar-refractivity contribution in [1.82, 2.24) is 10.2 Å². The highest BCUT2D eigenvalue weighted by atomic mass is 35.5. The number of ether oxygens (including phenoxy) is 4. The number of methoxy groups -OCH3 is 2. The number of nitrogens with one attached hydrogen (secondary N) is 1. The minimum Gasteiger partial charge on any atom is -0.467 e. The maximum absolute atomic E-state index is 13.7. The van der Waals surface area contributed by atoms with Gasteiger partial charge in [0.15, 0.2) is 13.6 Å². The van der Waals surface area contributed by atoms with Crippen LogP contribution in [0.5, 0.6) is 11.5 Å². The Bertz CT molecular complexity index is 1050. The molecule has 0 fully saturated rings. The highest BCUT2D eigenvalue weighted by Crippen LogP contribution is 2.39. The van der Waals surface area contributed by atoms with Crippen LogP contribution < -0.4 is 14.8 Å². The van der Waals surface area contributed by atoms with Gasteiger partial charge in [0, 0.05) is 26.8 Å². The monoisotopic (exact) mass is 473 g/mol. The van der Waals surface area contributed by atoms with Crippen molar-refractivity contribution in [3.05, 3.63) is 69.5 Å². The number of benzene rings is 2. The average molecular weight is 474 g/mol. The fourth-order valence-corrected chi connectivity index (χ4v) is 3.74. The lowest BCUT2D eigenvalue weighted by molar-refractivity contribution is -0.125. The molecule has 0 saturated carbocycles. The van der Waals surface area contributed by atoms with E-state index in [0.29, 0.717) is 0 Å². The lowest BCUT2D eigenvalue weighted by atomic mass is 10.0. The van der Waals surface area contributed by atoms with Crippen molar-refractivity contribution in [3.63, 3.8) is 0 Å². The van der Waals surface area contributed by atoms with E-state index in [0.717, 1.165) is 11.1 Å².